The zero-order chi connectivity index (χ0) is 14.9. The Morgan fingerprint density at radius 2 is 1.85 bits per heavy atom. The highest BCUT2D eigenvalue weighted by Crippen LogP contribution is 2.33. The van der Waals surface area contributed by atoms with Crippen molar-refractivity contribution in [2.75, 3.05) is 5.73 Å². The van der Waals surface area contributed by atoms with Crippen LogP contribution in [-0.4, -0.2) is 5.91 Å². The Kier molecular flexibility index (Phi) is 3.89. The summed E-state index contributed by atoms with van der Waals surface area (Å²) < 4.78 is 32.5. The Hall–Kier alpha value is -2.15. The number of ether oxygens (including phenoxy) is 1. The molecule has 1 amide bonds. The number of halogens is 3. The van der Waals surface area contributed by atoms with Gasteiger partial charge in [-0.15, -0.1) is 0 Å². The lowest BCUT2D eigenvalue weighted by molar-refractivity contribution is 0.0994. The molecular weight excluding hydrogens is 334 g/mol. The summed E-state index contributed by atoms with van der Waals surface area (Å²) >= 11 is 2.97. The summed E-state index contributed by atoms with van der Waals surface area (Å²) in [5.41, 5.74) is 10.5. The van der Waals surface area contributed by atoms with E-state index in [4.69, 9.17) is 16.2 Å². The van der Waals surface area contributed by atoms with Crippen LogP contribution in [-0.2, 0) is 0 Å². The Morgan fingerprint density at radius 3 is 2.50 bits per heavy atom. The summed E-state index contributed by atoms with van der Waals surface area (Å²) in [7, 11) is 0. The number of hydrogen-bond donors (Lipinski definition) is 2. The summed E-state index contributed by atoms with van der Waals surface area (Å²) in [5.74, 6) is -2.60. The third-order valence-corrected chi connectivity index (χ3v) is 3.10. The second-order valence-corrected chi connectivity index (χ2v) is 4.74. The van der Waals surface area contributed by atoms with Crippen molar-refractivity contribution in [2.45, 2.75) is 0 Å². The summed E-state index contributed by atoms with van der Waals surface area (Å²) in [6.45, 7) is 0. The van der Waals surface area contributed by atoms with Crippen LogP contribution >= 0.6 is 15.9 Å². The minimum Gasteiger partial charge on any atom is -0.454 e. The Morgan fingerprint density at radius 1 is 1.15 bits per heavy atom. The van der Waals surface area contributed by atoms with Crippen LogP contribution in [0.1, 0.15) is 10.4 Å². The van der Waals surface area contributed by atoms with E-state index in [1.165, 1.54) is 18.2 Å². The molecule has 4 N–H and O–H groups in total. The van der Waals surface area contributed by atoms with E-state index in [-0.39, 0.29) is 21.7 Å². The number of primary amides is 1. The highest BCUT2D eigenvalue weighted by Gasteiger charge is 2.17. The first-order valence-electron chi connectivity index (χ1n) is 5.41. The fourth-order valence-electron chi connectivity index (χ4n) is 1.58. The smallest absolute Gasteiger partial charge is 0.255 e. The highest BCUT2D eigenvalue weighted by atomic mass is 79.9. The first-order chi connectivity index (χ1) is 9.40. The quantitative estimate of drug-likeness (QED) is 0.840. The Bertz CT molecular complexity index is 692. The third kappa shape index (κ3) is 2.72. The molecule has 0 unspecified atom stereocenters. The van der Waals surface area contributed by atoms with Gasteiger partial charge >= 0.3 is 0 Å². The van der Waals surface area contributed by atoms with Crippen molar-refractivity contribution in [3.63, 3.8) is 0 Å². The minimum absolute atomic E-state index is 0.0428. The van der Waals surface area contributed by atoms with Crippen molar-refractivity contribution in [3.05, 3.63) is 52.0 Å². The van der Waals surface area contributed by atoms with E-state index in [1.54, 1.807) is 0 Å². The van der Waals surface area contributed by atoms with Crippen LogP contribution in [0.15, 0.2) is 34.8 Å². The van der Waals surface area contributed by atoms with Gasteiger partial charge in [-0.1, -0.05) is 6.07 Å². The van der Waals surface area contributed by atoms with E-state index in [2.05, 4.69) is 15.9 Å². The number of carbonyl (C=O) groups is 1. The van der Waals surface area contributed by atoms with Crippen molar-refractivity contribution >= 4 is 27.5 Å². The zero-order valence-corrected chi connectivity index (χ0v) is 11.6. The summed E-state index contributed by atoms with van der Waals surface area (Å²) in [4.78, 5) is 11.2. The summed E-state index contributed by atoms with van der Waals surface area (Å²) in [6.07, 6.45) is 0. The molecule has 104 valence electrons. The van der Waals surface area contributed by atoms with Gasteiger partial charge in [0.2, 0.25) is 0 Å². The number of benzene rings is 2. The van der Waals surface area contributed by atoms with Crippen LogP contribution in [0.5, 0.6) is 11.5 Å². The first kappa shape index (κ1) is 14.3. The minimum atomic E-state index is -0.991. The average molecular weight is 343 g/mol. The van der Waals surface area contributed by atoms with Crippen molar-refractivity contribution in [2.24, 2.45) is 5.73 Å². The zero-order valence-electron chi connectivity index (χ0n) is 9.99. The van der Waals surface area contributed by atoms with Gasteiger partial charge in [0.15, 0.2) is 5.75 Å². The number of nitrogen functional groups attached to an aromatic ring is 1. The van der Waals surface area contributed by atoms with Crippen LogP contribution in [0.25, 0.3) is 0 Å². The molecule has 0 fully saturated rings. The fraction of sp³-hybridized carbons (Fsp3) is 0. The topological polar surface area (TPSA) is 78.3 Å². The lowest BCUT2D eigenvalue weighted by atomic mass is 10.1. The molecule has 2 rings (SSSR count). The van der Waals surface area contributed by atoms with Gasteiger partial charge < -0.3 is 16.2 Å². The second kappa shape index (κ2) is 5.46. The van der Waals surface area contributed by atoms with Gasteiger partial charge in [0, 0.05) is 6.07 Å². The molecule has 0 heterocycles. The molecule has 0 spiro atoms. The predicted molar refractivity (Wildman–Crippen MR) is 73.5 cm³/mol. The molecule has 2 aromatic rings. The monoisotopic (exact) mass is 342 g/mol. The van der Waals surface area contributed by atoms with Crippen molar-refractivity contribution in [3.8, 4) is 11.5 Å². The molecule has 0 aliphatic carbocycles. The first-order valence-corrected chi connectivity index (χ1v) is 6.20. The number of rotatable bonds is 3. The number of amides is 1. The van der Waals surface area contributed by atoms with Crippen molar-refractivity contribution in [1.82, 2.24) is 0 Å². The summed E-state index contributed by atoms with van der Waals surface area (Å²) in [5, 5.41) is 0. The molecule has 0 aliphatic heterocycles. The maximum atomic E-state index is 13.6. The SMILES string of the molecule is NC(=O)c1c(F)cccc1Oc1cc(F)c(Br)cc1N. The van der Waals surface area contributed by atoms with Crippen LogP contribution in [0, 0.1) is 11.6 Å². The van der Waals surface area contributed by atoms with E-state index < -0.39 is 23.1 Å². The molecule has 0 aliphatic rings. The molecule has 0 bridgehead atoms. The Balaban J connectivity index is 2.48. The normalized spacial score (nSPS) is 10.3. The Labute approximate surface area is 121 Å². The van der Waals surface area contributed by atoms with Gasteiger partial charge in [-0.3, -0.25) is 4.79 Å². The van der Waals surface area contributed by atoms with Crippen molar-refractivity contribution < 1.29 is 18.3 Å². The van der Waals surface area contributed by atoms with E-state index in [0.717, 1.165) is 12.1 Å². The maximum Gasteiger partial charge on any atom is 0.255 e. The largest absolute Gasteiger partial charge is 0.454 e. The number of anilines is 1. The van der Waals surface area contributed by atoms with Crippen LogP contribution in [0.3, 0.4) is 0 Å². The van der Waals surface area contributed by atoms with Crippen LogP contribution < -0.4 is 16.2 Å². The van der Waals surface area contributed by atoms with Crippen LogP contribution in [0.4, 0.5) is 14.5 Å². The van der Waals surface area contributed by atoms with Gasteiger partial charge in [-0.25, -0.2) is 8.78 Å². The second-order valence-electron chi connectivity index (χ2n) is 3.88. The van der Waals surface area contributed by atoms with Gasteiger partial charge in [-0.2, -0.15) is 0 Å². The van der Waals surface area contributed by atoms with Crippen molar-refractivity contribution in [1.29, 1.82) is 0 Å². The molecule has 20 heavy (non-hydrogen) atoms. The van der Waals surface area contributed by atoms with E-state index in [0.29, 0.717) is 0 Å². The lowest BCUT2D eigenvalue weighted by Crippen LogP contribution is -2.14. The molecule has 0 saturated carbocycles. The average Bonchev–Trinajstić information content (AvgIpc) is 2.35. The fourth-order valence-corrected chi connectivity index (χ4v) is 1.94. The van der Waals surface area contributed by atoms with Gasteiger partial charge in [-0.05, 0) is 34.1 Å². The van der Waals surface area contributed by atoms with E-state index in [1.807, 2.05) is 0 Å². The van der Waals surface area contributed by atoms with Crippen LogP contribution in [0.2, 0.25) is 0 Å². The molecule has 0 aromatic heterocycles. The molecule has 0 radical (unpaired) electrons. The molecule has 4 nitrogen and oxygen atoms in total. The van der Waals surface area contributed by atoms with E-state index >= 15 is 0 Å². The maximum absolute atomic E-state index is 13.6. The highest BCUT2D eigenvalue weighted by molar-refractivity contribution is 9.10. The van der Waals surface area contributed by atoms with E-state index in [9.17, 15) is 13.6 Å². The number of carbonyl (C=O) groups excluding carboxylic acids is 1. The molecule has 7 heteroatoms. The molecule has 0 atom stereocenters. The number of hydrogen-bond acceptors (Lipinski definition) is 3. The number of nitrogens with two attached hydrogens (primary N) is 2. The molecule has 2 aromatic carbocycles. The summed E-state index contributed by atoms with van der Waals surface area (Å²) in [6, 6.07) is 6.06. The molecule has 0 saturated heterocycles. The predicted octanol–water partition coefficient (Wildman–Crippen LogP) is 3.20. The van der Waals surface area contributed by atoms with Gasteiger partial charge in [0.1, 0.15) is 22.9 Å². The lowest BCUT2D eigenvalue weighted by Gasteiger charge is -2.12. The third-order valence-electron chi connectivity index (χ3n) is 2.49. The van der Waals surface area contributed by atoms with Gasteiger partial charge in [0.25, 0.3) is 5.91 Å². The molecular formula is C13H9BrF2N2O2. The standard InChI is InChI=1S/C13H9BrF2N2O2/c14-6-4-9(17)11(5-8(6)16)20-10-3-1-2-7(15)12(10)13(18)19/h1-5H,17H2,(H2,18,19). The van der Waals surface area contributed by atoms with Gasteiger partial charge in [0.05, 0.1) is 10.2 Å².